The molecule has 7 heteroatoms. The van der Waals surface area contributed by atoms with Crippen LogP contribution in [0.25, 0.3) is 0 Å². The maximum atomic E-state index is 11.0. The molecular formula is C14H19NO5S. The molecule has 1 heterocycles. The van der Waals surface area contributed by atoms with E-state index >= 15 is 0 Å². The van der Waals surface area contributed by atoms with E-state index < -0.39 is 22.2 Å². The Balaban J connectivity index is 1.80. The molecule has 0 amide bonds. The minimum absolute atomic E-state index is 0.139. The Morgan fingerprint density at radius 1 is 1.19 bits per heavy atom. The summed E-state index contributed by atoms with van der Waals surface area (Å²) < 4.78 is 38.9. The standard InChI is InChI=1S/C14H19NO5S/c15-21(16,17)18-10-12-13(11-6-2-1-3-7-11)20-14(19-12)8-4-5-9-14/h1-3,6-7,12-13H,4-5,8-10H2,(H2,15,16,17)/t12-,13-/m0/s1. The number of hydrogen-bond donors (Lipinski definition) is 1. The summed E-state index contributed by atoms with van der Waals surface area (Å²) in [7, 11) is -3.99. The van der Waals surface area contributed by atoms with Gasteiger partial charge >= 0.3 is 10.3 Å². The van der Waals surface area contributed by atoms with Gasteiger partial charge < -0.3 is 9.47 Å². The molecule has 1 saturated heterocycles. The molecule has 1 aromatic carbocycles. The number of ether oxygens (including phenoxy) is 2. The molecule has 1 aliphatic carbocycles. The lowest BCUT2D eigenvalue weighted by molar-refractivity contribution is -0.171. The molecular weight excluding hydrogens is 294 g/mol. The predicted molar refractivity (Wildman–Crippen MR) is 75.4 cm³/mol. The van der Waals surface area contributed by atoms with Crippen LogP contribution in [0.15, 0.2) is 30.3 Å². The van der Waals surface area contributed by atoms with E-state index in [0.717, 1.165) is 31.2 Å². The molecule has 1 aromatic rings. The molecule has 2 fully saturated rings. The number of rotatable bonds is 4. The fraction of sp³-hybridized carbons (Fsp3) is 0.571. The third-order valence-electron chi connectivity index (χ3n) is 3.94. The molecule has 2 atom stereocenters. The second-order valence-electron chi connectivity index (χ2n) is 5.50. The van der Waals surface area contributed by atoms with Crippen LogP contribution in [-0.2, 0) is 24.0 Å². The highest BCUT2D eigenvalue weighted by atomic mass is 32.2. The van der Waals surface area contributed by atoms with Crippen LogP contribution in [0.3, 0.4) is 0 Å². The SMILES string of the molecule is NS(=O)(=O)OC[C@@H]1OC2(CCCC2)O[C@H]1c1ccccc1. The van der Waals surface area contributed by atoms with Crippen LogP contribution in [0.2, 0.25) is 0 Å². The van der Waals surface area contributed by atoms with E-state index in [9.17, 15) is 8.42 Å². The van der Waals surface area contributed by atoms with Gasteiger partial charge in [0.1, 0.15) is 12.2 Å². The lowest BCUT2D eigenvalue weighted by Gasteiger charge is -2.21. The zero-order valence-corrected chi connectivity index (χ0v) is 12.4. The van der Waals surface area contributed by atoms with Crippen LogP contribution in [0.5, 0.6) is 0 Å². The average Bonchev–Trinajstić information content (AvgIpc) is 3.05. The molecule has 2 aliphatic rings. The Labute approximate surface area is 124 Å². The van der Waals surface area contributed by atoms with Crippen molar-refractivity contribution >= 4 is 10.3 Å². The van der Waals surface area contributed by atoms with Gasteiger partial charge in [-0.25, -0.2) is 5.14 Å². The molecule has 1 saturated carbocycles. The lowest BCUT2D eigenvalue weighted by Crippen LogP contribution is -2.29. The third-order valence-corrected chi connectivity index (χ3v) is 4.40. The van der Waals surface area contributed by atoms with Gasteiger partial charge in [-0.05, 0) is 18.4 Å². The molecule has 6 nitrogen and oxygen atoms in total. The van der Waals surface area contributed by atoms with Crippen LogP contribution in [0, 0.1) is 0 Å². The second-order valence-corrected chi connectivity index (χ2v) is 6.72. The largest absolute Gasteiger partial charge is 0.341 e. The average molecular weight is 313 g/mol. The predicted octanol–water partition coefficient (Wildman–Crippen LogP) is 1.63. The Morgan fingerprint density at radius 3 is 2.48 bits per heavy atom. The Hall–Kier alpha value is -0.990. The van der Waals surface area contributed by atoms with Gasteiger partial charge in [0.05, 0.1) is 6.61 Å². The molecule has 1 spiro atoms. The van der Waals surface area contributed by atoms with Crippen LogP contribution in [-0.4, -0.2) is 26.9 Å². The summed E-state index contributed by atoms with van der Waals surface area (Å²) in [5.74, 6) is -0.604. The zero-order valence-electron chi connectivity index (χ0n) is 11.6. The van der Waals surface area contributed by atoms with E-state index in [1.807, 2.05) is 30.3 Å². The molecule has 21 heavy (non-hydrogen) atoms. The Kier molecular flexibility index (Phi) is 4.02. The first-order chi connectivity index (χ1) is 9.98. The summed E-state index contributed by atoms with van der Waals surface area (Å²) in [6, 6.07) is 9.62. The van der Waals surface area contributed by atoms with E-state index in [1.54, 1.807) is 0 Å². The summed E-state index contributed by atoms with van der Waals surface area (Å²) in [6.45, 7) is -0.139. The molecule has 0 radical (unpaired) electrons. The van der Waals surface area contributed by atoms with Crippen molar-refractivity contribution in [3.63, 3.8) is 0 Å². The molecule has 1 aliphatic heterocycles. The molecule has 2 N–H and O–H groups in total. The highest BCUT2D eigenvalue weighted by Crippen LogP contribution is 2.47. The molecule has 3 rings (SSSR count). The van der Waals surface area contributed by atoms with Crippen molar-refractivity contribution in [2.45, 2.75) is 43.7 Å². The molecule has 0 bridgehead atoms. The topological polar surface area (TPSA) is 87.9 Å². The minimum atomic E-state index is -3.99. The second kappa shape index (κ2) is 5.66. The monoisotopic (exact) mass is 313 g/mol. The van der Waals surface area contributed by atoms with E-state index in [1.165, 1.54) is 0 Å². The first-order valence-corrected chi connectivity index (χ1v) is 8.52. The van der Waals surface area contributed by atoms with Gasteiger partial charge in [0.15, 0.2) is 5.79 Å². The fourth-order valence-electron chi connectivity index (χ4n) is 3.03. The van der Waals surface area contributed by atoms with Crippen molar-refractivity contribution in [3.8, 4) is 0 Å². The van der Waals surface area contributed by atoms with Crippen molar-refractivity contribution in [1.29, 1.82) is 0 Å². The smallest absolute Gasteiger partial charge is 0.333 e. The quantitative estimate of drug-likeness (QED) is 0.913. The van der Waals surface area contributed by atoms with Crippen molar-refractivity contribution in [2.75, 3.05) is 6.61 Å². The fourth-order valence-corrected chi connectivity index (χ4v) is 3.35. The third kappa shape index (κ3) is 3.44. The maximum absolute atomic E-state index is 11.0. The normalized spacial score (nSPS) is 28.2. The van der Waals surface area contributed by atoms with E-state index in [0.29, 0.717) is 0 Å². The first kappa shape index (κ1) is 14.9. The summed E-state index contributed by atoms with van der Waals surface area (Å²) in [4.78, 5) is 0. The van der Waals surface area contributed by atoms with Crippen molar-refractivity contribution in [2.24, 2.45) is 5.14 Å². The first-order valence-electron chi connectivity index (χ1n) is 7.05. The molecule has 116 valence electrons. The maximum Gasteiger partial charge on any atom is 0.333 e. The van der Waals surface area contributed by atoms with Gasteiger partial charge in [-0.3, -0.25) is 4.18 Å². The lowest BCUT2D eigenvalue weighted by atomic mass is 10.1. The van der Waals surface area contributed by atoms with Gasteiger partial charge in [0.25, 0.3) is 0 Å². The summed E-state index contributed by atoms with van der Waals surface area (Å²) in [5.41, 5.74) is 0.948. The van der Waals surface area contributed by atoms with E-state index in [2.05, 4.69) is 0 Å². The van der Waals surface area contributed by atoms with Crippen LogP contribution in [0.1, 0.15) is 37.4 Å². The summed E-state index contributed by atoms with van der Waals surface area (Å²) >= 11 is 0. The summed E-state index contributed by atoms with van der Waals surface area (Å²) in [5, 5.41) is 4.90. The van der Waals surface area contributed by atoms with Gasteiger partial charge in [-0.1, -0.05) is 30.3 Å². The van der Waals surface area contributed by atoms with Crippen molar-refractivity contribution < 1.29 is 22.1 Å². The van der Waals surface area contributed by atoms with Gasteiger partial charge in [0, 0.05) is 12.8 Å². The Morgan fingerprint density at radius 2 is 1.86 bits per heavy atom. The van der Waals surface area contributed by atoms with Gasteiger partial charge in [-0.15, -0.1) is 0 Å². The molecule has 0 unspecified atom stereocenters. The number of benzene rings is 1. The number of nitrogens with two attached hydrogens (primary N) is 1. The summed E-state index contributed by atoms with van der Waals surface area (Å²) in [6.07, 6.45) is 2.91. The zero-order chi connectivity index (χ0) is 14.9. The van der Waals surface area contributed by atoms with E-state index in [-0.39, 0.29) is 12.7 Å². The van der Waals surface area contributed by atoms with Gasteiger partial charge in [-0.2, -0.15) is 8.42 Å². The highest BCUT2D eigenvalue weighted by molar-refractivity contribution is 7.84. The number of hydrogen-bond acceptors (Lipinski definition) is 5. The van der Waals surface area contributed by atoms with Crippen LogP contribution in [0.4, 0.5) is 0 Å². The van der Waals surface area contributed by atoms with Crippen LogP contribution >= 0.6 is 0 Å². The van der Waals surface area contributed by atoms with Gasteiger partial charge in [0.2, 0.25) is 0 Å². The highest BCUT2D eigenvalue weighted by Gasteiger charge is 2.49. The minimum Gasteiger partial charge on any atom is -0.341 e. The van der Waals surface area contributed by atoms with E-state index in [4.69, 9.17) is 18.8 Å². The Bertz CT molecular complexity index is 583. The van der Waals surface area contributed by atoms with Crippen molar-refractivity contribution in [3.05, 3.63) is 35.9 Å². The molecule has 0 aromatic heterocycles. The van der Waals surface area contributed by atoms with Crippen LogP contribution < -0.4 is 5.14 Å². The van der Waals surface area contributed by atoms with Crippen molar-refractivity contribution in [1.82, 2.24) is 0 Å².